The van der Waals surface area contributed by atoms with Crippen molar-refractivity contribution in [2.24, 2.45) is 22.9 Å². The number of unbranched alkanes of at least 4 members (excludes halogenated alkanes) is 2. The number of fused-ring (bicyclic) bond motifs is 3. The average molecular weight is 727 g/mol. The molecule has 0 saturated heterocycles. The molecule has 284 valence electrons. The van der Waals surface area contributed by atoms with Crippen LogP contribution in [0.4, 0.5) is 4.79 Å². The number of ether oxygens (including phenoxy) is 4. The Balaban J connectivity index is 1.55. The van der Waals surface area contributed by atoms with E-state index in [1.54, 1.807) is 24.9 Å². The molecule has 1 fully saturated rings. The lowest BCUT2D eigenvalue weighted by Gasteiger charge is -2.59. The Morgan fingerprint density at radius 1 is 0.981 bits per heavy atom. The lowest BCUT2D eigenvalue weighted by atomic mass is 9.55. The smallest absolute Gasteiger partial charge is 0.409 e. The van der Waals surface area contributed by atoms with Gasteiger partial charge in [-0.05, 0) is 98.0 Å². The predicted molar refractivity (Wildman–Crippen MR) is 205 cm³/mol. The maximum atomic E-state index is 13.5. The molecule has 10 heteroatoms. The zero-order valence-electron chi connectivity index (χ0n) is 31.2. The summed E-state index contributed by atoms with van der Waals surface area (Å²) in [4.78, 5) is 20.8. The first-order valence-electron chi connectivity index (χ1n) is 19.2. The summed E-state index contributed by atoms with van der Waals surface area (Å²) in [6.07, 6.45) is 8.67. The Hall–Kier alpha value is -4.38. The number of rotatable bonds is 17. The number of carbonyl (C=O) groups is 1. The lowest BCUT2D eigenvalue weighted by molar-refractivity contribution is -0.253. The summed E-state index contributed by atoms with van der Waals surface area (Å²) in [7, 11) is 1.72. The van der Waals surface area contributed by atoms with Crippen molar-refractivity contribution in [3.63, 3.8) is 0 Å². The van der Waals surface area contributed by atoms with Gasteiger partial charge in [0.15, 0.2) is 0 Å². The quantitative estimate of drug-likeness (QED) is 0.0810. The highest BCUT2D eigenvalue weighted by molar-refractivity contribution is 6.03. The van der Waals surface area contributed by atoms with Crippen LogP contribution in [0.5, 0.6) is 17.2 Å². The Bertz CT molecular complexity index is 1790. The van der Waals surface area contributed by atoms with Crippen molar-refractivity contribution in [1.82, 2.24) is 4.90 Å². The molecule has 1 amide bonds. The number of hydrogen-bond acceptors (Lipinski definition) is 9. The fourth-order valence-corrected chi connectivity index (χ4v) is 8.65. The fourth-order valence-electron chi connectivity index (χ4n) is 8.65. The van der Waals surface area contributed by atoms with Gasteiger partial charge in [0.05, 0.1) is 24.8 Å². The van der Waals surface area contributed by atoms with E-state index >= 15 is 0 Å². The van der Waals surface area contributed by atoms with Gasteiger partial charge in [-0.1, -0.05) is 60.5 Å². The van der Waals surface area contributed by atoms with Crippen molar-refractivity contribution in [3.05, 3.63) is 90.5 Å². The molecule has 0 spiro atoms. The van der Waals surface area contributed by atoms with Crippen LogP contribution < -0.4 is 9.47 Å². The van der Waals surface area contributed by atoms with Crippen molar-refractivity contribution in [3.8, 4) is 17.2 Å². The number of amides is 1. The zero-order chi connectivity index (χ0) is 37.4. The Kier molecular flexibility index (Phi) is 12.8. The molecule has 1 saturated carbocycles. The van der Waals surface area contributed by atoms with Gasteiger partial charge in [0, 0.05) is 38.2 Å². The number of hydrogen-bond donors (Lipinski definition) is 2. The number of allylic oxidation sites excluding steroid dienone is 1. The Morgan fingerprint density at radius 2 is 1.72 bits per heavy atom. The van der Waals surface area contributed by atoms with Crippen molar-refractivity contribution < 1.29 is 38.8 Å². The van der Waals surface area contributed by atoms with Gasteiger partial charge in [-0.25, -0.2) is 4.79 Å². The standard InChI is InChI=1S/C43H54N2O8/c1-5-24-50-43-39(45(4)42(48)49-6-2)28-37(44-51-7-3)35-26-31(16-10-12-22-46)34(17-11-13-23-47)40(41(35)43)36-27-33(20-21-38(36)53-43)52-32-19-18-29-14-8-9-15-30(29)25-32/h5,8-9,14-15,18-21,25-27,31,34,39-41,46-47H,1,6-7,10-13,16-17,22-24,28H2,2-4H3. The van der Waals surface area contributed by atoms with Crippen LogP contribution >= 0.6 is 0 Å². The second-order valence-corrected chi connectivity index (χ2v) is 14.1. The van der Waals surface area contributed by atoms with E-state index in [9.17, 15) is 15.0 Å². The van der Waals surface area contributed by atoms with Crippen molar-refractivity contribution in [2.75, 3.05) is 40.1 Å². The van der Waals surface area contributed by atoms with Gasteiger partial charge in [-0.3, -0.25) is 0 Å². The molecule has 0 bridgehead atoms. The molecule has 6 rings (SSSR count). The number of likely N-dealkylation sites (N-methyl/N-ethyl adjacent to an activating group) is 1. The van der Waals surface area contributed by atoms with Crippen LogP contribution in [0.15, 0.2) is 90.1 Å². The highest BCUT2D eigenvalue weighted by Gasteiger charge is 2.65. The van der Waals surface area contributed by atoms with Crippen molar-refractivity contribution >= 4 is 22.6 Å². The van der Waals surface area contributed by atoms with Crippen LogP contribution in [0.3, 0.4) is 0 Å². The summed E-state index contributed by atoms with van der Waals surface area (Å²) < 4.78 is 26.1. The van der Waals surface area contributed by atoms with Crippen LogP contribution in [-0.4, -0.2) is 78.8 Å². The summed E-state index contributed by atoms with van der Waals surface area (Å²) in [5.41, 5.74) is 2.73. The summed E-state index contributed by atoms with van der Waals surface area (Å²) in [5.74, 6) is 0.459. The second kappa shape index (κ2) is 17.6. The molecule has 2 aliphatic carbocycles. The highest BCUT2D eigenvalue weighted by Crippen LogP contribution is 2.62. The van der Waals surface area contributed by atoms with Crippen LogP contribution in [0.1, 0.15) is 70.3 Å². The molecule has 6 unspecified atom stereocenters. The Labute approximate surface area is 313 Å². The topological polar surface area (TPSA) is 119 Å². The number of carbonyl (C=O) groups excluding carboxylic acids is 1. The second-order valence-electron chi connectivity index (χ2n) is 14.1. The van der Waals surface area contributed by atoms with E-state index in [4.69, 9.17) is 23.8 Å². The third-order valence-electron chi connectivity index (χ3n) is 10.9. The summed E-state index contributed by atoms with van der Waals surface area (Å²) in [5, 5.41) is 26.5. The maximum absolute atomic E-state index is 13.5. The van der Waals surface area contributed by atoms with E-state index in [0.717, 1.165) is 59.1 Å². The molecule has 0 radical (unpaired) electrons. The summed E-state index contributed by atoms with van der Waals surface area (Å²) in [6, 6.07) is 19.6. The normalized spacial score (nSPS) is 25.1. The minimum atomic E-state index is -1.32. The van der Waals surface area contributed by atoms with E-state index in [2.05, 4.69) is 42.1 Å². The lowest BCUT2D eigenvalue weighted by Crippen LogP contribution is -2.69. The van der Waals surface area contributed by atoms with E-state index in [-0.39, 0.29) is 44.2 Å². The van der Waals surface area contributed by atoms with Gasteiger partial charge in [-0.15, -0.1) is 6.58 Å². The molecule has 1 aliphatic heterocycles. The zero-order valence-corrected chi connectivity index (χ0v) is 31.2. The average Bonchev–Trinajstić information content (AvgIpc) is 3.17. The minimum absolute atomic E-state index is 0.110. The molecule has 6 atom stereocenters. The summed E-state index contributed by atoms with van der Waals surface area (Å²) >= 11 is 0. The van der Waals surface area contributed by atoms with Gasteiger partial charge >= 0.3 is 6.09 Å². The number of oxime groups is 1. The Morgan fingerprint density at radius 3 is 2.45 bits per heavy atom. The molecule has 3 aromatic rings. The van der Waals surface area contributed by atoms with Gasteiger partial charge in [0.2, 0.25) is 5.79 Å². The molecule has 2 N–H and O–H groups in total. The van der Waals surface area contributed by atoms with E-state index in [0.29, 0.717) is 37.4 Å². The van der Waals surface area contributed by atoms with E-state index in [1.165, 1.54) is 0 Å². The third-order valence-corrected chi connectivity index (χ3v) is 10.9. The number of benzene rings is 3. The van der Waals surface area contributed by atoms with Crippen LogP contribution in [0, 0.1) is 17.8 Å². The molecule has 3 aromatic carbocycles. The summed E-state index contributed by atoms with van der Waals surface area (Å²) in [6.45, 7) is 8.71. The highest BCUT2D eigenvalue weighted by atomic mass is 16.7. The van der Waals surface area contributed by atoms with Crippen LogP contribution in [-0.2, 0) is 14.3 Å². The molecule has 10 nitrogen and oxygen atoms in total. The molecule has 53 heavy (non-hydrogen) atoms. The van der Waals surface area contributed by atoms with Gasteiger partial charge in [-0.2, -0.15) is 0 Å². The van der Waals surface area contributed by atoms with Gasteiger partial charge < -0.3 is 38.9 Å². The minimum Gasteiger partial charge on any atom is -0.459 e. The number of nitrogens with zero attached hydrogens (tertiary/aromatic N) is 2. The molecular formula is C43H54N2O8. The van der Waals surface area contributed by atoms with E-state index < -0.39 is 23.8 Å². The largest absolute Gasteiger partial charge is 0.459 e. The van der Waals surface area contributed by atoms with Crippen LogP contribution in [0.2, 0.25) is 0 Å². The van der Waals surface area contributed by atoms with Gasteiger partial charge in [0.1, 0.15) is 29.9 Å². The first-order chi connectivity index (χ1) is 25.9. The van der Waals surface area contributed by atoms with Crippen LogP contribution in [0.25, 0.3) is 10.8 Å². The third kappa shape index (κ3) is 7.95. The van der Waals surface area contributed by atoms with E-state index in [1.807, 2.05) is 43.3 Å². The maximum Gasteiger partial charge on any atom is 0.409 e. The SMILES string of the molecule is C=CCOC12Oc3ccc(Oc4ccc5ccccc5c4)cc3C3C(CCCCO)C(CCCCO)C=C(C(=NOCC)CC1N(C)C(=O)OCC)C32. The molecule has 0 aromatic heterocycles. The van der Waals surface area contributed by atoms with Gasteiger partial charge in [0.25, 0.3) is 0 Å². The monoisotopic (exact) mass is 726 g/mol. The first kappa shape index (κ1) is 38.3. The first-order valence-corrected chi connectivity index (χ1v) is 19.2. The predicted octanol–water partition coefficient (Wildman–Crippen LogP) is 8.37. The number of aliphatic hydroxyl groups is 2. The molecular weight excluding hydrogens is 672 g/mol. The molecule has 1 heterocycles. The fraction of sp³-hybridized carbons (Fsp3) is 0.488. The molecule has 3 aliphatic rings. The van der Waals surface area contributed by atoms with Crippen molar-refractivity contribution in [2.45, 2.75) is 76.5 Å². The van der Waals surface area contributed by atoms with Crippen molar-refractivity contribution in [1.29, 1.82) is 0 Å². The number of aliphatic hydroxyl groups excluding tert-OH is 2.